The van der Waals surface area contributed by atoms with E-state index in [1.807, 2.05) is 0 Å². The van der Waals surface area contributed by atoms with Crippen molar-refractivity contribution in [1.29, 1.82) is 0 Å². The molecule has 1 atom stereocenters. The normalized spacial score (nSPS) is 13.3. The van der Waals surface area contributed by atoms with E-state index in [2.05, 4.69) is 24.0 Å². The van der Waals surface area contributed by atoms with Crippen LogP contribution < -0.4 is 10.5 Å². The molecule has 1 rings (SSSR count). The number of amidine groups is 1. The number of hydrogen-bond donors (Lipinski definition) is 2. The highest BCUT2D eigenvalue weighted by Gasteiger charge is 2.12. The molecule has 1 unspecified atom stereocenters. The number of rotatable bonds is 8. The van der Waals surface area contributed by atoms with Crippen LogP contribution in [-0.4, -0.2) is 22.6 Å². The minimum atomic E-state index is 0.0182. The van der Waals surface area contributed by atoms with Crippen LogP contribution in [0.25, 0.3) is 0 Å². The molecule has 3 N–H and O–H groups in total. The van der Waals surface area contributed by atoms with E-state index in [4.69, 9.17) is 15.7 Å². The third-order valence-corrected chi connectivity index (χ3v) is 3.15. The molecule has 1 aromatic rings. The van der Waals surface area contributed by atoms with E-state index < -0.39 is 0 Å². The molecule has 0 aliphatic heterocycles. The molecule has 0 aliphatic carbocycles. The molecule has 0 saturated carbocycles. The van der Waals surface area contributed by atoms with Crippen LogP contribution >= 0.6 is 0 Å². The predicted octanol–water partition coefficient (Wildman–Crippen LogP) is 2.77. The summed E-state index contributed by atoms with van der Waals surface area (Å²) in [6.45, 7) is 4.95. The van der Waals surface area contributed by atoms with Crippen molar-refractivity contribution in [2.24, 2.45) is 16.8 Å². The highest BCUT2D eigenvalue weighted by atomic mass is 16.5. The molecule has 106 valence electrons. The maximum absolute atomic E-state index is 8.73. The zero-order valence-electron chi connectivity index (χ0n) is 11.7. The largest absolute Gasteiger partial charge is 0.477 e. The number of nitrogens with two attached hydrogens (primary N) is 1. The summed E-state index contributed by atoms with van der Waals surface area (Å²) < 4.78 is 5.73. The van der Waals surface area contributed by atoms with Gasteiger partial charge in [-0.25, -0.2) is 4.98 Å². The first-order valence-electron chi connectivity index (χ1n) is 6.78. The van der Waals surface area contributed by atoms with Gasteiger partial charge in [-0.05, 0) is 24.5 Å². The molecular weight excluding hydrogens is 242 g/mol. The van der Waals surface area contributed by atoms with Crippen LogP contribution in [0.1, 0.15) is 45.1 Å². The van der Waals surface area contributed by atoms with Crippen molar-refractivity contribution in [3.8, 4) is 5.88 Å². The average molecular weight is 265 g/mol. The molecule has 0 saturated heterocycles. The summed E-state index contributed by atoms with van der Waals surface area (Å²) in [6, 6.07) is 3.46. The Morgan fingerprint density at radius 3 is 2.95 bits per heavy atom. The minimum Gasteiger partial charge on any atom is -0.477 e. The highest BCUT2D eigenvalue weighted by Crippen LogP contribution is 2.18. The molecule has 0 amide bonds. The summed E-state index contributed by atoms with van der Waals surface area (Å²) in [7, 11) is 0. The van der Waals surface area contributed by atoms with E-state index in [0.717, 1.165) is 12.8 Å². The molecule has 0 aromatic carbocycles. The van der Waals surface area contributed by atoms with E-state index in [0.29, 0.717) is 24.0 Å². The summed E-state index contributed by atoms with van der Waals surface area (Å²) in [5.41, 5.74) is 6.12. The number of ether oxygens (including phenoxy) is 1. The lowest BCUT2D eigenvalue weighted by atomic mass is 10.0. The monoisotopic (exact) mass is 265 g/mol. The summed E-state index contributed by atoms with van der Waals surface area (Å²) in [5.74, 6) is 0.958. The van der Waals surface area contributed by atoms with Gasteiger partial charge in [0.05, 0.1) is 12.2 Å². The second-order valence-corrected chi connectivity index (χ2v) is 4.57. The van der Waals surface area contributed by atoms with Crippen LogP contribution in [0.3, 0.4) is 0 Å². The van der Waals surface area contributed by atoms with E-state index in [9.17, 15) is 0 Å². The third kappa shape index (κ3) is 4.77. The Hall–Kier alpha value is -1.78. The van der Waals surface area contributed by atoms with Crippen molar-refractivity contribution >= 4 is 5.84 Å². The molecule has 0 fully saturated rings. The second-order valence-electron chi connectivity index (χ2n) is 4.57. The Morgan fingerprint density at radius 1 is 1.53 bits per heavy atom. The van der Waals surface area contributed by atoms with Crippen molar-refractivity contribution in [2.75, 3.05) is 6.61 Å². The second kappa shape index (κ2) is 8.34. The molecule has 0 radical (unpaired) electrons. The van der Waals surface area contributed by atoms with E-state index in [1.165, 1.54) is 12.8 Å². The van der Waals surface area contributed by atoms with Gasteiger partial charge in [-0.15, -0.1) is 0 Å². The van der Waals surface area contributed by atoms with Crippen molar-refractivity contribution in [2.45, 2.75) is 39.5 Å². The zero-order valence-corrected chi connectivity index (χ0v) is 11.7. The topological polar surface area (TPSA) is 80.7 Å². The van der Waals surface area contributed by atoms with Gasteiger partial charge in [-0.1, -0.05) is 38.3 Å². The Bertz CT molecular complexity index is 407. The molecule has 0 aliphatic rings. The number of unbranched alkanes of at least 4 members (excludes halogenated alkanes) is 1. The fourth-order valence-electron chi connectivity index (χ4n) is 1.85. The predicted molar refractivity (Wildman–Crippen MR) is 75.5 cm³/mol. The Balaban J connectivity index is 2.66. The lowest BCUT2D eigenvalue weighted by Crippen LogP contribution is -2.18. The standard InChI is InChI=1S/C14H23N3O2/c1-3-5-7-11(4-2)10-19-14-12(13(15)17-18)8-6-9-16-14/h6,8-9,11,18H,3-5,7,10H2,1-2H3,(H2,15,17). The number of oxime groups is 1. The van der Waals surface area contributed by atoms with Gasteiger partial charge in [0.2, 0.25) is 5.88 Å². The Labute approximate surface area is 114 Å². The van der Waals surface area contributed by atoms with Crippen LogP contribution in [0.5, 0.6) is 5.88 Å². The lowest BCUT2D eigenvalue weighted by molar-refractivity contribution is 0.225. The van der Waals surface area contributed by atoms with Gasteiger partial charge in [0, 0.05) is 6.20 Å². The first-order valence-corrected chi connectivity index (χ1v) is 6.78. The molecule has 1 aromatic heterocycles. The SMILES string of the molecule is CCCCC(CC)COc1ncccc1/C(N)=N/O. The van der Waals surface area contributed by atoms with Gasteiger partial charge < -0.3 is 15.7 Å². The minimum absolute atomic E-state index is 0.0182. The maximum atomic E-state index is 8.73. The maximum Gasteiger partial charge on any atom is 0.224 e. The van der Waals surface area contributed by atoms with Crippen molar-refractivity contribution < 1.29 is 9.94 Å². The van der Waals surface area contributed by atoms with Crippen LogP contribution in [-0.2, 0) is 0 Å². The number of hydrogen-bond acceptors (Lipinski definition) is 4. The van der Waals surface area contributed by atoms with E-state index >= 15 is 0 Å². The molecular formula is C14H23N3O2. The van der Waals surface area contributed by atoms with Crippen molar-refractivity contribution in [1.82, 2.24) is 4.98 Å². The zero-order chi connectivity index (χ0) is 14.1. The van der Waals surface area contributed by atoms with Gasteiger partial charge in [-0.2, -0.15) is 0 Å². The third-order valence-electron chi connectivity index (χ3n) is 3.15. The summed E-state index contributed by atoms with van der Waals surface area (Å²) in [6.07, 6.45) is 6.26. The van der Waals surface area contributed by atoms with Gasteiger partial charge in [0.15, 0.2) is 5.84 Å². The molecule has 5 nitrogen and oxygen atoms in total. The Morgan fingerprint density at radius 2 is 2.32 bits per heavy atom. The first kappa shape index (κ1) is 15.3. The molecule has 19 heavy (non-hydrogen) atoms. The fourth-order valence-corrected chi connectivity index (χ4v) is 1.85. The summed E-state index contributed by atoms with van der Waals surface area (Å²) >= 11 is 0. The van der Waals surface area contributed by atoms with Gasteiger partial charge in [0.25, 0.3) is 0 Å². The van der Waals surface area contributed by atoms with Crippen LogP contribution in [0.4, 0.5) is 0 Å². The summed E-state index contributed by atoms with van der Waals surface area (Å²) in [5, 5.41) is 11.7. The number of aromatic nitrogens is 1. The smallest absolute Gasteiger partial charge is 0.224 e. The van der Waals surface area contributed by atoms with E-state index in [1.54, 1.807) is 18.3 Å². The fraction of sp³-hybridized carbons (Fsp3) is 0.571. The first-order chi connectivity index (χ1) is 9.22. The van der Waals surface area contributed by atoms with Crippen molar-refractivity contribution in [3.63, 3.8) is 0 Å². The van der Waals surface area contributed by atoms with E-state index in [-0.39, 0.29) is 5.84 Å². The highest BCUT2D eigenvalue weighted by molar-refractivity contribution is 5.98. The number of nitrogens with zero attached hydrogens (tertiary/aromatic N) is 2. The lowest BCUT2D eigenvalue weighted by Gasteiger charge is -2.16. The van der Waals surface area contributed by atoms with Crippen LogP contribution in [0.15, 0.2) is 23.5 Å². The summed E-state index contributed by atoms with van der Waals surface area (Å²) in [4.78, 5) is 4.14. The van der Waals surface area contributed by atoms with Crippen molar-refractivity contribution in [3.05, 3.63) is 23.9 Å². The van der Waals surface area contributed by atoms with Crippen LogP contribution in [0, 0.1) is 5.92 Å². The van der Waals surface area contributed by atoms with Gasteiger partial charge in [0.1, 0.15) is 0 Å². The average Bonchev–Trinajstić information content (AvgIpc) is 2.47. The van der Waals surface area contributed by atoms with Crippen LogP contribution in [0.2, 0.25) is 0 Å². The molecule has 5 heteroatoms. The molecule has 1 heterocycles. The van der Waals surface area contributed by atoms with Gasteiger partial charge in [-0.3, -0.25) is 0 Å². The Kier molecular flexibility index (Phi) is 6.71. The molecule has 0 bridgehead atoms. The number of pyridine rings is 1. The molecule has 0 spiro atoms. The quantitative estimate of drug-likeness (QED) is 0.328. The van der Waals surface area contributed by atoms with Gasteiger partial charge >= 0.3 is 0 Å².